The lowest BCUT2D eigenvalue weighted by Crippen LogP contribution is -2.46. The molecule has 0 aromatic heterocycles. The van der Waals surface area contributed by atoms with Crippen molar-refractivity contribution in [2.75, 3.05) is 6.54 Å². The molecule has 3 amide bonds. The lowest BCUT2D eigenvalue weighted by molar-refractivity contribution is -0.128. The summed E-state index contributed by atoms with van der Waals surface area (Å²) in [7, 11) is 0. The first kappa shape index (κ1) is 11.4. The van der Waals surface area contributed by atoms with Crippen LogP contribution in [0, 0.1) is 0 Å². The minimum Gasteiger partial charge on any atom is -0.368 e. The number of nitrogens with one attached hydrogen (secondary N) is 2. The van der Waals surface area contributed by atoms with Gasteiger partial charge in [0.2, 0.25) is 17.7 Å². The fraction of sp³-hybridized carbons (Fsp3) is 0.571. The molecule has 74 valence electrons. The van der Waals surface area contributed by atoms with E-state index < -0.39 is 17.9 Å². The van der Waals surface area contributed by atoms with Gasteiger partial charge in [0.15, 0.2) is 0 Å². The van der Waals surface area contributed by atoms with Gasteiger partial charge in [0.05, 0.1) is 6.54 Å². The number of carbonyl (C=O) groups is 3. The van der Waals surface area contributed by atoms with Gasteiger partial charge in [-0.15, -0.1) is 0 Å². The number of amides is 3. The quantitative estimate of drug-likeness (QED) is 0.479. The summed E-state index contributed by atoms with van der Waals surface area (Å²) in [5, 5.41) is 4.59. The zero-order valence-corrected chi connectivity index (χ0v) is 7.59. The van der Waals surface area contributed by atoms with Gasteiger partial charge in [0.1, 0.15) is 6.04 Å². The van der Waals surface area contributed by atoms with Crippen LogP contribution in [0.2, 0.25) is 0 Å². The van der Waals surface area contributed by atoms with Crippen molar-refractivity contribution in [2.24, 2.45) is 5.73 Å². The van der Waals surface area contributed by atoms with Crippen LogP contribution >= 0.6 is 0 Å². The Morgan fingerprint density at radius 2 is 1.92 bits per heavy atom. The second-order valence-corrected chi connectivity index (χ2v) is 2.60. The summed E-state index contributed by atoms with van der Waals surface area (Å²) in [5.74, 6) is -1.36. The van der Waals surface area contributed by atoms with Crippen LogP contribution < -0.4 is 16.4 Å². The highest BCUT2D eigenvalue weighted by Gasteiger charge is 2.11. The van der Waals surface area contributed by atoms with Gasteiger partial charge in [-0.3, -0.25) is 14.4 Å². The van der Waals surface area contributed by atoms with Gasteiger partial charge >= 0.3 is 0 Å². The Labute approximate surface area is 75.9 Å². The Morgan fingerprint density at radius 3 is 2.31 bits per heavy atom. The number of hydrogen-bond acceptors (Lipinski definition) is 3. The highest BCUT2D eigenvalue weighted by Crippen LogP contribution is 1.77. The summed E-state index contributed by atoms with van der Waals surface area (Å²) < 4.78 is 0. The summed E-state index contributed by atoms with van der Waals surface area (Å²) in [4.78, 5) is 31.8. The number of carbonyl (C=O) groups excluding carboxylic acids is 3. The molecule has 13 heavy (non-hydrogen) atoms. The third kappa shape index (κ3) is 5.66. The van der Waals surface area contributed by atoms with E-state index in [4.69, 9.17) is 5.73 Å². The van der Waals surface area contributed by atoms with Gasteiger partial charge < -0.3 is 16.4 Å². The van der Waals surface area contributed by atoms with Crippen LogP contribution in [0.5, 0.6) is 0 Å². The van der Waals surface area contributed by atoms with E-state index in [1.54, 1.807) is 0 Å². The largest absolute Gasteiger partial charge is 0.368 e. The summed E-state index contributed by atoms with van der Waals surface area (Å²) in [5.41, 5.74) is 4.90. The maximum Gasteiger partial charge on any atom is 0.240 e. The van der Waals surface area contributed by atoms with Crippen molar-refractivity contribution in [1.82, 2.24) is 10.6 Å². The van der Waals surface area contributed by atoms with Crippen molar-refractivity contribution in [3.8, 4) is 0 Å². The number of hydrogen-bond donors (Lipinski definition) is 3. The third-order valence-corrected chi connectivity index (χ3v) is 1.30. The molecular formula is C7H13N3O3. The molecular weight excluding hydrogens is 174 g/mol. The molecule has 0 spiro atoms. The van der Waals surface area contributed by atoms with E-state index in [0.717, 1.165) is 0 Å². The summed E-state index contributed by atoms with van der Waals surface area (Å²) in [6.45, 7) is 2.62. The molecule has 0 saturated carbocycles. The van der Waals surface area contributed by atoms with Crippen LogP contribution in [0.25, 0.3) is 0 Å². The van der Waals surface area contributed by atoms with E-state index in [1.165, 1.54) is 13.8 Å². The van der Waals surface area contributed by atoms with E-state index in [2.05, 4.69) is 10.6 Å². The smallest absolute Gasteiger partial charge is 0.240 e. The standard InChI is InChI=1S/C7H13N3O3/c1-4(7(8)13)10-6(12)3-9-5(2)11/h4H,3H2,1-2H3,(H2,8,13)(H,9,11)(H,10,12)/t4-/m0/s1. The predicted molar refractivity (Wildman–Crippen MR) is 45.5 cm³/mol. The monoisotopic (exact) mass is 187 g/mol. The maximum absolute atomic E-state index is 10.9. The second kappa shape index (κ2) is 5.13. The summed E-state index contributed by atoms with van der Waals surface area (Å²) >= 11 is 0. The van der Waals surface area contributed by atoms with Crippen LogP contribution in [0.3, 0.4) is 0 Å². The lowest BCUT2D eigenvalue weighted by atomic mass is 10.3. The minimum absolute atomic E-state index is 0.146. The van der Waals surface area contributed by atoms with Gasteiger partial charge in [0.25, 0.3) is 0 Å². The summed E-state index contributed by atoms with van der Waals surface area (Å²) in [6, 6.07) is -0.721. The highest BCUT2D eigenvalue weighted by molar-refractivity contribution is 5.88. The first-order valence-electron chi connectivity index (χ1n) is 3.76. The predicted octanol–water partition coefficient (Wildman–Crippen LogP) is -1.89. The van der Waals surface area contributed by atoms with Crippen molar-refractivity contribution in [1.29, 1.82) is 0 Å². The Bertz CT molecular complexity index is 227. The van der Waals surface area contributed by atoms with Gasteiger partial charge in [-0.25, -0.2) is 0 Å². The molecule has 0 aliphatic carbocycles. The van der Waals surface area contributed by atoms with Crippen LogP contribution in [-0.4, -0.2) is 30.3 Å². The van der Waals surface area contributed by atoms with Crippen molar-refractivity contribution < 1.29 is 14.4 Å². The zero-order valence-electron chi connectivity index (χ0n) is 7.59. The number of primary amides is 1. The van der Waals surface area contributed by atoms with Crippen molar-refractivity contribution in [2.45, 2.75) is 19.9 Å². The minimum atomic E-state index is -0.721. The topological polar surface area (TPSA) is 101 Å². The molecule has 0 radical (unpaired) electrons. The molecule has 0 fully saturated rings. The molecule has 0 saturated heterocycles. The average molecular weight is 187 g/mol. The van der Waals surface area contributed by atoms with Gasteiger partial charge in [0, 0.05) is 6.92 Å². The second-order valence-electron chi connectivity index (χ2n) is 2.60. The molecule has 6 heteroatoms. The van der Waals surface area contributed by atoms with Gasteiger partial charge in [-0.05, 0) is 6.92 Å². The first-order chi connectivity index (χ1) is 5.93. The van der Waals surface area contributed by atoms with Gasteiger partial charge in [-0.2, -0.15) is 0 Å². The normalized spacial score (nSPS) is 11.5. The van der Waals surface area contributed by atoms with Crippen LogP contribution in [0.1, 0.15) is 13.8 Å². The van der Waals surface area contributed by atoms with E-state index in [-0.39, 0.29) is 12.5 Å². The molecule has 0 aromatic carbocycles. The van der Waals surface area contributed by atoms with Crippen LogP contribution in [0.4, 0.5) is 0 Å². The molecule has 4 N–H and O–H groups in total. The Balaban J connectivity index is 3.74. The SMILES string of the molecule is CC(=O)NCC(=O)N[C@@H](C)C(N)=O. The van der Waals surface area contributed by atoms with E-state index in [0.29, 0.717) is 0 Å². The molecule has 0 rings (SSSR count). The Hall–Kier alpha value is -1.59. The summed E-state index contributed by atoms with van der Waals surface area (Å²) in [6.07, 6.45) is 0. The number of nitrogens with two attached hydrogens (primary N) is 1. The molecule has 0 heterocycles. The van der Waals surface area contributed by atoms with E-state index >= 15 is 0 Å². The fourth-order valence-electron chi connectivity index (χ4n) is 0.568. The van der Waals surface area contributed by atoms with Crippen molar-refractivity contribution >= 4 is 17.7 Å². The average Bonchev–Trinajstić information content (AvgIpc) is 2.00. The molecule has 0 aliphatic heterocycles. The third-order valence-electron chi connectivity index (χ3n) is 1.30. The van der Waals surface area contributed by atoms with Crippen molar-refractivity contribution in [3.05, 3.63) is 0 Å². The molecule has 1 atom stereocenters. The molecule has 0 bridgehead atoms. The highest BCUT2D eigenvalue weighted by atomic mass is 16.2. The van der Waals surface area contributed by atoms with Crippen molar-refractivity contribution in [3.63, 3.8) is 0 Å². The van der Waals surface area contributed by atoms with Crippen LogP contribution in [-0.2, 0) is 14.4 Å². The molecule has 0 aromatic rings. The number of rotatable bonds is 4. The zero-order chi connectivity index (χ0) is 10.4. The lowest BCUT2D eigenvalue weighted by Gasteiger charge is -2.09. The molecule has 6 nitrogen and oxygen atoms in total. The Morgan fingerprint density at radius 1 is 1.38 bits per heavy atom. The van der Waals surface area contributed by atoms with E-state index in [1.807, 2.05) is 0 Å². The van der Waals surface area contributed by atoms with Crippen LogP contribution in [0.15, 0.2) is 0 Å². The molecule has 0 aliphatic rings. The van der Waals surface area contributed by atoms with Gasteiger partial charge in [-0.1, -0.05) is 0 Å². The first-order valence-corrected chi connectivity index (χ1v) is 3.76. The van der Waals surface area contributed by atoms with E-state index in [9.17, 15) is 14.4 Å². The maximum atomic E-state index is 10.9. The molecule has 0 unspecified atom stereocenters. The Kier molecular flexibility index (Phi) is 4.50. The fourth-order valence-corrected chi connectivity index (χ4v) is 0.568.